The number of aliphatic hydroxyl groups excluding tert-OH is 1. The number of carbonyl (C=O) groups excluding carboxylic acids is 2. The van der Waals surface area contributed by atoms with Gasteiger partial charge in [0.05, 0.1) is 12.5 Å². The number of anilines is 1. The predicted octanol–water partition coefficient (Wildman–Crippen LogP) is 1.99. The van der Waals surface area contributed by atoms with Crippen molar-refractivity contribution in [3.05, 3.63) is 65.5 Å². The fraction of sp³-hybridized carbons (Fsp3) is 0.125. The van der Waals surface area contributed by atoms with Crippen molar-refractivity contribution in [1.29, 1.82) is 0 Å². The molecular weight excluding hydrogens is 287 g/mol. The van der Waals surface area contributed by atoms with Gasteiger partial charge in [0, 0.05) is 11.3 Å². The number of hydrogen-bond donors (Lipinski definition) is 3. The Bertz CT molecular complexity index is 686. The van der Waals surface area contributed by atoms with Crippen LogP contribution in [-0.4, -0.2) is 16.9 Å². The summed E-state index contributed by atoms with van der Waals surface area (Å²) in [5, 5.41) is 12.5. The van der Waals surface area contributed by atoms with E-state index >= 15 is 0 Å². The molecule has 2 rings (SSSR count). The largest absolute Gasteiger partial charge is 0.388 e. The topological polar surface area (TPSA) is 92.4 Å². The third-order valence-corrected chi connectivity index (χ3v) is 3.07. The van der Waals surface area contributed by atoms with Crippen LogP contribution in [0.25, 0.3) is 0 Å². The molecule has 0 saturated heterocycles. The molecular formula is C16H15FN2O3. The standard InChI is InChI=1S/C16H15FN2O3/c17-12-3-1-2-11(8-12)14(20)9-15(21)19-13-6-4-10(5-7-13)16(18)22/h1-8,14,20H,9H2,(H2,18,22)(H,19,21). The van der Waals surface area contributed by atoms with Gasteiger partial charge in [0.25, 0.3) is 0 Å². The minimum atomic E-state index is -1.10. The third-order valence-electron chi connectivity index (χ3n) is 3.07. The lowest BCUT2D eigenvalue weighted by atomic mass is 10.1. The first-order valence-corrected chi connectivity index (χ1v) is 6.59. The Morgan fingerprint density at radius 3 is 2.45 bits per heavy atom. The summed E-state index contributed by atoms with van der Waals surface area (Å²) in [5.74, 6) is -1.46. The van der Waals surface area contributed by atoms with Crippen molar-refractivity contribution in [2.75, 3.05) is 5.32 Å². The van der Waals surface area contributed by atoms with E-state index in [1.165, 1.54) is 42.5 Å². The molecule has 0 saturated carbocycles. The smallest absolute Gasteiger partial charge is 0.248 e. The minimum Gasteiger partial charge on any atom is -0.388 e. The highest BCUT2D eigenvalue weighted by Gasteiger charge is 2.14. The molecule has 4 N–H and O–H groups in total. The van der Waals surface area contributed by atoms with Crippen LogP contribution in [0.3, 0.4) is 0 Å². The molecule has 0 bridgehead atoms. The Kier molecular flexibility index (Phi) is 4.85. The molecule has 0 aromatic heterocycles. The van der Waals surface area contributed by atoms with Gasteiger partial charge < -0.3 is 16.2 Å². The van der Waals surface area contributed by atoms with E-state index in [0.29, 0.717) is 16.8 Å². The summed E-state index contributed by atoms with van der Waals surface area (Å²) in [6, 6.07) is 11.5. The Balaban J connectivity index is 1.96. The second-order valence-corrected chi connectivity index (χ2v) is 4.76. The van der Waals surface area contributed by atoms with E-state index in [1.807, 2.05) is 0 Å². The Labute approximate surface area is 126 Å². The van der Waals surface area contributed by atoms with Crippen molar-refractivity contribution < 1.29 is 19.1 Å². The monoisotopic (exact) mass is 302 g/mol. The van der Waals surface area contributed by atoms with Gasteiger partial charge in [-0.25, -0.2) is 4.39 Å². The summed E-state index contributed by atoms with van der Waals surface area (Å²) >= 11 is 0. The van der Waals surface area contributed by atoms with Crippen LogP contribution in [0.2, 0.25) is 0 Å². The second kappa shape index (κ2) is 6.82. The van der Waals surface area contributed by atoms with Crippen LogP contribution in [0.15, 0.2) is 48.5 Å². The molecule has 0 spiro atoms. The van der Waals surface area contributed by atoms with Crippen molar-refractivity contribution in [1.82, 2.24) is 0 Å². The average Bonchev–Trinajstić information content (AvgIpc) is 2.47. The number of halogens is 1. The number of primary amides is 1. The van der Waals surface area contributed by atoms with Crippen LogP contribution in [0.5, 0.6) is 0 Å². The lowest BCUT2D eigenvalue weighted by Crippen LogP contribution is -2.16. The molecule has 0 radical (unpaired) electrons. The Hall–Kier alpha value is -2.73. The van der Waals surface area contributed by atoms with E-state index in [1.54, 1.807) is 6.07 Å². The summed E-state index contributed by atoms with van der Waals surface area (Å²) in [4.78, 5) is 22.8. The van der Waals surface area contributed by atoms with Gasteiger partial charge in [0.15, 0.2) is 0 Å². The van der Waals surface area contributed by atoms with Gasteiger partial charge in [-0.2, -0.15) is 0 Å². The predicted molar refractivity (Wildman–Crippen MR) is 79.6 cm³/mol. The third kappa shape index (κ3) is 4.13. The van der Waals surface area contributed by atoms with Gasteiger partial charge in [-0.1, -0.05) is 12.1 Å². The van der Waals surface area contributed by atoms with Crippen LogP contribution in [0.4, 0.5) is 10.1 Å². The van der Waals surface area contributed by atoms with E-state index in [4.69, 9.17) is 5.73 Å². The number of nitrogens with two attached hydrogens (primary N) is 1. The summed E-state index contributed by atoms with van der Waals surface area (Å²) in [7, 11) is 0. The SMILES string of the molecule is NC(=O)c1ccc(NC(=O)CC(O)c2cccc(F)c2)cc1. The molecule has 0 fully saturated rings. The highest BCUT2D eigenvalue weighted by Crippen LogP contribution is 2.18. The van der Waals surface area contributed by atoms with Crippen LogP contribution in [0.1, 0.15) is 28.4 Å². The van der Waals surface area contributed by atoms with Crippen LogP contribution >= 0.6 is 0 Å². The van der Waals surface area contributed by atoms with Crippen molar-refractivity contribution in [2.45, 2.75) is 12.5 Å². The van der Waals surface area contributed by atoms with E-state index in [0.717, 1.165) is 0 Å². The fourth-order valence-electron chi connectivity index (χ4n) is 1.94. The number of benzene rings is 2. The van der Waals surface area contributed by atoms with E-state index < -0.39 is 23.7 Å². The van der Waals surface area contributed by atoms with Gasteiger partial charge in [-0.05, 0) is 42.0 Å². The molecule has 114 valence electrons. The second-order valence-electron chi connectivity index (χ2n) is 4.76. The van der Waals surface area contributed by atoms with Crippen molar-refractivity contribution in [3.63, 3.8) is 0 Å². The lowest BCUT2D eigenvalue weighted by molar-refractivity contribution is -0.118. The number of hydrogen-bond acceptors (Lipinski definition) is 3. The number of aliphatic hydroxyl groups is 1. The molecule has 22 heavy (non-hydrogen) atoms. The summed E-state index contributed by atoms with van der Waals surface area (Å²) < 4.78 is 13.1. The quantitative estimate of drug-likeness (QED) is 0.788. The van der Waals surface area contributed by atoms with Gasteiger partial charge in [-0.15, -0.1) is 0 Å². The first-order valence-electron chi connectivity index (χ1n) is 6.59. The highest BCUT2D eigenvalue weighted by atomic mass is 19.1. The molecule has 6 heteroatoms. The molecule has 0 aliphatic heterocycles. The molecule has 5 nitrogen and oxygen atoms in total. The van der Waals surface area contributed by atoms with Crippen LogP contribution < -0.4 is 11.1 Å². The number of amides is 2. The summed E-state index contributed by atoms with van der Waals surface area (Å²) in [6.07, 6.45) is -1.30. The van der Waals surface area contributed by atoms with Crippen molar-refractivity contribution in [2.24, 2.45) is 5.73 Å². The molecule has 2 amide bonds. The zero-order chi connectivity index (χ0) is 16.1. The van der Waals surface area contributed by atoms with Gasteiger partial charge in [-0.3, -0.25) is 9.59 Å². The van der Waals surface area contributed by atoms with E-state index in [2.05, 4.69) is 5.32 Å². The number of rotatable bonds is 5. The molecule has 0 aliphatic rings. The lowest BCUT2D eigenvalue weighted by Gasteiger charge is -2.11. The molecule has 0 aliphatic carbocycles. The number of carbonyl (C=O) groups is 2. The van der Waals surface area contributed by atoms with Gasteiger partial charge in [0.1, 0.15) is 5.82 Å². The summed E-state index contributed by atoms with van der Waals surface area (Å²) in [6.45, 7) is 0. The Morgan fingerprint density at radius 2 is 1.86 bits per heavy atom. The maximum absolute atomic E-state index is 13.1. The molecule has 2 aromatic carbocycles. The van der Waals surface area contributed by atoms with E-state index in [9.17, 15) is 19.1 Å². The van der Waals surface area contributed by atoms with Gasteiger partial charge in [0.2, 0.25) is 11.8 Å². The normalized spacial score (nSPS) is 11.7. The highest BCUT2D eigenvalue weighted by molar-refractivity contribution is 5.94. The maximum Gasteiger partial charge on any atom is 0.248 e. The minimum absolute atomic E-state index is 0.207. The van der Waals surface area contributed by atoms with Crippen LogP contribution in [-0.2, 0) is 4.79 Å². The average molecular weight is 302 g/mol. The molecule has 2 aromatic rings. The van der Waals surface area contributed by atoms with Crippen molar-refractivity contribution >= 4 is 17.5 Å². The van der Waals surface area contributed by atoms with Crippen LogP contribution in [0, 0.1) is 5.82 Å². The first kappa shape index (κ1) is 15.7. The molecule has 1 unspecified atom stereocenters. The fourth-order valence-corrected chi connectivity index (χ4v) is 1.94. The Morgan fingerprint density at radius 1 is 1.18 bits per heavy atom. The van der Waals surface area contributed by atoms with Gasteiger partial charge >= 0.3 is 0 Å². The summed E-state index contributed by atoms with van der Waals surface area (Å²) in [5.41, 5.74) is 6.26. The first-order chi connectivity index (χ1) is 10.5. The zero-order valence-electron chi connectivity index (χ0n) is 11.6. The number of nitrogens with one attached hydrogen (secondary N) is 1. The van der Waals surface area contributed by atoms with Crippen molar-refractivity contribution in [3.8, 4) is 0 Å². The zero-order valence-corrected chi connectivity index (χ0v) is 11.6. The van der Waals surface area contributed by atoms with E-state index in [-0.39, 0.29) is 6.42 Å². The maximum atomic E-state index is 13.1. The molecule has 1 atom stereocenters. The molecule has 0 heterocycles.